The lowest BCUT2D eigenvalue weighted by Crippen LogP contribution is -2.59. The number of hydrogen-bond acceptors (Lipinski definition) is 11. The van der Waals surface area contributed by atoms with Crippen LogP contribution in [0.5, 0.6) is 0 Å². The van der Waals surface area contributed by atoms with Gasteiger partial charge in [-0.15, -0.1) is 0 Å². The molecule has 208 valence electrons. The summed E-state index contributed by atoms with van der Waals surface area (Å²) in [5.41, 5.74) is 16.1. The van der Waals surface area contributed by atoms with Crippen molar-refractivity contribution in [2.24, 2.45) is 5.73 Å². The Labute approximate surface area is 222 Å². The molecule has 0 spiro atoms. The highest BCUT2D eigenvalue weighted by Gasteiger charge is 2.47. The molecule has 0 fully saturated rings. The second-order valence-corrected chi connectivity index (χ2v) is 8.97. The Morgan fingerprint density at radius 3 is 2.26 bits per heavy atom. The largest absolute Gasteiger partial charge is 0.480 e. The molecule has 1 amide bonds. The average molecular weight is 542 g/mol. The summed E-state index contributed by atoms with van der Waals surface area (Å²) >= 11 is 0. The predicted octanol–water partition coefficient (Wildman–Crippen LogP) is 0.0114. The zero-order chi connectivity index (χ0) is 29.1. The molecule has 1 aromatic carbocycles. The lowest BCUT2D eigenvalue weighted by Gasteiger charge is -2.40. The van der Waals surface area contributed by atoms with Crippen molar-refractivity contribution < 1.29 is 24.6 Å². The molecule has 0 saturated carbocycles. The topological polar surface area (TPSA) is 248 Å². The quantitative estimate of drug-likeness (QED) is 0.187. The van der Waals surface area contributed by atoms with Gasteiger partial charge in [0, 0.05) is 31.3 Å². The summed E-state index contributed by atoms with van der Waals surface area (Å²) in [7, 11) is 1.74. The van der Waals surface area contributed by atoms with E-state index in [9.17, 15) is 29.4 Å². The van der Waals surface area contributed by atoms with Crippen LogP contribution in [0.2, 0.25) is 0 Å². The Morgan fingerprint density at radius 1 is 1.08 bits per heavy atom. The van der Waals surface area contributed by atoms with Crippen molar-refractivity contribution in [2.75, 3.05) is 30.0 Å². The first-order valence-corrected chi connectivity index (χ1v) is 12.0. The van der Waals surface area contributed by atoms with Crippen LogP contribution in [0.4, 0.5) is 17.5 Å². The van der Waals surface area contributed by atoms with Crippen LogP contribution in [-0.2, 0) is 16.1 Å². The van der Waals surface area contributed by atoms with E-state index in [0.717, 1.165) is 4.90 Å². The Morgan fingerprint density at radius 2 is 1.72 bits per heavy atom. The number of anilines is 3. The molecule has 0 aliphatic carbocycles. The second kappa shape index (κ2) is 11.3. The number of carboxylic acid groups (broad SMARTS) is 2. The number of nitrogens with two attached hydrogens (primary N) is 3. The van der Waals surface area contributed by atoms with Crippen molar-refractivity contribution in [3.63, 3.8) is 0 Å². The van der Waals surface area contributed by atoms with Crippen LogP contribution >= 0.6 is 0 Å². The summed E-state index contributed by atoms with van der Waals surface area (Å²) in [5, 5.41) is 19.3. The summed E-state index contributed by atoms with van der Waals surface area (Å²) in [6.07, 6.45) is -0.489. The number of carboxylic acids is 2. The van der Waals surface area contributed by atoms with Gasteiger partial charge in [0.25, 0.3) is 11.5 Å². The average Bonchev–Trinajstić information content (AvgIpc) is 2.88. The minimum Gasteiger partial charge on any atom is -0.480 e. The third-order valence-electron chi connectivity index (χ3n) is 6.54. The molecule has 2 aromatic heterocycles. The van der Waals surface area contributed by atoms with E-state index >= 15 is 0 Å². The van der Waals surface area contributed by atoms with Gasteiger partial charge in [-0.3, -0.25) is 19.4 Å². The molecule has 0 bridgehead atoms. The van der Waals surface area contributed by atoms with Crippen molar-refractivity contribution in [3.8, 4) is 0 Å². The van der Waals surface area contributed by atoms with E-state index in [-0.39, 0.29) is 48.0 Å². The van der Waals surface area contributed by atoms with E-state index in [1.807, 2.05) is 0 Å². The zero-order valence-corrected chi connectivity index (χ0v) is 21.7. The second-order valence-electron chi connectivity index (χ2n) is 8.97. The standard InChI is InChI=1S/C24H31N9O6/c1-4-24(22(38)39,10-14(25)21(36)37)33(5-2)20(35)12-6-8-13(9-7-12)32(3)11-15-17(26)29-18-16(28-15)19(34)31-23(27)30-18/h6-9,14H,4-5,10-11,25H2,1-3H3,(H,36,37)(H,38,39)(H5,26,27,29,30,31,34)/t14?,24-/m0/s1. The molecule has 9 N–H and O–H groups in total. The number of aromatic amines is 1. The minimum absolute atomic E-state index is 0.0112. The molecule has 2 atom stereocenters. The molecular formula is C24H31N9O6. The van der Waals surface area contributed by atoms with Gasteiger partial charge in [0.1, 0.15) is 23.1 Å². The number of benzene rings is 1. The van der Waals surface area contributed by atoms with Crippen LogP contribution in [0.15, 0.2) is 29.1 Å². The SMILES string of the molecule is CCN(C(=O)c1ccc(N(C)Cc2nc3c(=O)[nH]c(N)nc3nc2N)cc1)[C@@](CC)(CC(N)C(=O)O)C(=O)O. The van der Waals surface area contributed by atoms with Crippen LogP contribution in [0.3, 0.4) is 0 Å². The highest BCUT2D eigenvalue weighted by molar-refractivity contribution is 5.98. The van der Waals surface area contributed by atoms with Crippen molar-refractivity contribution in [3.05, 3.63) is 45.9 Å². The fourth-order valence-corrected chi connectivity index (χ4v) is 4.36. The summed E-state index contributed by atoms with van der Waals surface area (Å²) < 4.78 is 0. The van der Waals surface area contributed by atoms with E-state index in [4.69, 9.17) is 17.2 Å². The first-order chi connectivity index (χ1) is 18.3. The van der Waals surface area contributed by atoms with Crippen LogP contribution in [0.1, 0.15) is 42.7 Å². The van der Waals surface area contributed by atoms with Gasteiger partial charge in [0.05, 0.1) is 6.54 Å². The number of carbonyl (C=O) groups excluding carboxylic acids is 1. The van der Waals surface area contributed by atoms with E-state index in [1.165, 1.54) is 12.1 Å². The maximum absolute atomic E-state index is 13.4. The van der Waals surface area contributed by atoms with Crippen LogP contribution in [0.25, 0.3) is 11.2 Å². The molecule has 15 nitrogen and oxygen atoms in total. The molecule has 39 heavy (non-hydrogen) atoms. The van der Waals surface area contributed by atoms with Crippen molar-refractivity contribution >= 4 is 46.5 Å². The summed E-state index contributed by atoms with van der Waals surface area (Å²) in [6, 6.07) is 4.90. The molecule has 0 aliphatic rings. The number of likely N-dealkylation sites (N-methyl/N-ethyl adjacent to an activating group) is 1. The number of hydrogen-bond donors (Lipinski definition) is 6. The fourth-order valence-electron chi connectivity index (χ4n) is 4.36. The smallest absolute Gasteiger partial charge is 0.329 e. The van der Waals surface area contributed by atoms with Crippen molar-refractivity contribution in [1.29, 1.82) is 0 Å². The minimum atomic E-state index is -1.80. The van der Waals surface area contributed by atoms with Gasteiger partial charge in [0.15, 0.2) is 11.2 Å². The van der Waals surface area contributed by atoms with Gasteiger partial charge in [-0.1, -0.05) is 6.92 Å². The number of aliphatic carboxylic acids is 2. The first-order valence-electron chi connectivity index (χ1n) is 12.0. The number of nitrogens with one attached hydrogen (secondary N) is 1. The number of aromatic nitrogens is 4. The van der Waals surface area contributed by atoms with E-state index in [0.29, 0.717) is 11.4 Å². The van der Waals surface area contributed by atoms with Gasteiger partial charge in [-0.05, 0) is 37.6 Å². The first kappa shape index (κ1) is 28.8. The summed E-state index contributed by atoms with van der Waals surface area (Å²) in [5.74, 6) is -3.30. The number of H-pyrrole nitrogens is 1. The monoisotopic (exact) mass is 541 g/mol. The van der Waals surface area contributed by atoms with Gasteiger partial charge >= 0.3 is 11.9 Å². The maximum atomic E-state index is 13.4. The summed E-state index contributed by atoms with van der Waals surface area (Å²) in [4.78, 5) is 66.9. The fraction of sp³-hybridized carbons (Fsp3) is 0.375. The highest BCUT2D eigenvalue weighted by atomic mass is 16.4. The van der Waals surface area contributed by atoms with E-state index in [1.54, 1.807) is 37.9 Å². The number of nitrogens with zero attached hydrogens (tertiary/aromatic N) is 5. The highest BCUT2D eigenvalue weighted by Crippen LogP contribution is 2.29. The van der Waals surface area contributed by atoms with Crippen LogP contribution in [-0.4, -0.2) is 78.1 Å². The third-order valence-corrected chi connectivity index (χ3v) is 6.54. The van der Waals surface area contributed by atoms with Gasteiger partial charge < -0.3 is 37.2 Å². The third kappa shape index (κ3) is 5.72. The molecule has 15 heteroatoms. The Balaban J connectivity index is 1.86. The van der Waals surface area contributed by atoms with Crippen molar-refractivity contribution in [1.82, 2.24) is 24.8 Å². The van der Waals surface area contributed by atoms with Crippen LogP contribution < -0.4 is 27.7 Å². The lowest BCUT2D eigenvalue weighted by molar-refractivity contribution is -0.152. The number of carbonyl (C=O) groups is 3. The molecule has 3 aromatic rings. The molecule has 0 saturated heterocycles. The van der Waals surface area contributed by atoms with Gasteiger partial charge in [-0.25, -0.2) is 14.8 Å². The van der Waals surface area contributed by atoms with Gasteiger partial charge in [0.2, 0.25) is 5.95 Å². The van der Waals surface area contributed by atoms with Crippen molar-refractivity contribution in [2.45, 2.75) is 44.8 Å². The number of rotatable bonds is 11. The van der Waals surface area contributed by atoms with Crippen LogP contribution in [0, 0.1) is 0 Å². The lowest BCUT2D eigenvalue weighted by atomic mass is 9.85. The summed E-state index contributed by atoms with van der Waals surface area (Å²) in [6.45, 7) is 3.37. The Bertz CT molecular complexity index is 1460. The normalized spacial score (nSPS) is 13.4. The molecule has 0 radical (unpaired) electrons. The van der Waals surface area contributed by atoms with E-state index < -0.39 is 41.4 Å². The zero-order valence-electron chi connectivity index (χ0n) is 21.7. The maximum Gasteiger partial charge on any atom is 0.329 e. The van der Waals surface area contributed by atoms with E-state index in [2.05, 4.69) is 19.9 Å². The molecule has 1 unspecified atom stereocenters. The number of fused-ring (bicyclic) bond motifs is 1. The molecule has 3 rings (SSSR count). The van der Waals surface area contributed by atoms with Gasteiger partial charge in [-0.2, -0.15) is 4.98 Å². The predicted molar refractivity (Wildman–Crippen MR) is 143 cm³/mol. The Hall–Kier alpha value is -4.79. The number of amides is 1. The molecule has 2 heterocycles. The number of nitrogen functional groups attached to an aromatic ring is 2. The molecule has 0 aliphatic heterocycles. The molecular weight excluding hydrogens is 510 g/mol. The Kier molecular flexibility index (Phi) is 8.34.